The number of nitrogens with zero attached hydrogens (tertiary/aromatic N) is 1. The van der Waals surface area contributed by atoms with Crippen LogP contribution in [-0.4, -0.2) is 4.98 Å². The van der Waals surface area contributed by atoms with Gasteiger partial charge in [-0.15, -0.1) is 11.6 Å². The van der Waals surface area contributed by atoms with Crippen LogP contribution >= 0.6 is 23.2 Å². The Morgan fingerprint density at radius 2 is 2.19 bits per heavy atom. The van der Waals surface area contributed by atoms with Crippen molar-refractivity contribution in [2.24, 2.45) is 0 Å². The molecule has 0 radical (unpaired) electrons. The molecule has 1 heterocycles. The summed E-state index contributed by atoms with van der Waals surface area (Å²) in [5.74, 6) is 0.503. The van der Waals surface area contributed by atoms with Crippen LogP contribution in [0.25, 0.3) is 11.3 Å². The van der Waals surface area contributed by atoms with E-state index < -0.39 is 0 Å². The van der Waals surface area contributed by atoms with Crippen molar-refractivity contribution >= 4 is 23.2 Å². The first-order chi connectivity index (χ1) is 7.58. The summed E-state index contributed by atoms with van der Waals surface area (Å²) in [4.78, 5) is 4.00. The molecule has 0 N–H and O–H groups in total. The quantitative estimate of drug-likeness (QED) is 0.746. The highest BCUT2D eigenvalue weighted by molar-refractivity contribution is 6.33. The lowest BCUT2D eigenvalue weighted by Gasteiger charge is -2.00. The van der Waals surface area contributed by atoms with Crippen LogP contribution in [0.4, 0.5) is 4.39 Å². The van der Waals surface area contributed by atoms with E-state index in [2.05, 4.69) is 4.98 Å². The average molecular weight is 260 g/mol. The van der Waals surface area contributed by atoms with E-state index >= 15 is 0 Å². The second kappa shape index (κ2) is 4.44. The van der Waals surface area contributed by atoms with E-state index in [1.165, 1.54) is 18.3 Å². The standard InChI is InChI=1S/C11H8Cl2FNO/c1-6(12)11-15-5-10(16-11)8-3-2-7(14)4-9(8)13/h2-6H,1H3. The van der Waals surface area contributed by atoms with Gasteiger partial charge in [0.15, 0.2) is 5.76 Å². The van der Waals surface area contributed by atoms with E-state index in [9.17, 15) is 4.39 Å². The third-order valence-electron chi connectivity index (χ3n) is 2.06. The maximum absolute atomic E-state index is 12.8. The fourth-order valence-electron chi connectivity index (χ4n) is 1.29. The van der Waals surface area contributed by atoms with Crippen molar-refractivity contribution in [2.75, 3.05) is 0 Å². The van der Waals surface area contributed by atoms with E-state index in [4.69, 9.17) is 27.6 Å². The number of hydrogen-bond donors (Lipinski definition) is 0. The van der Waals surface area contributed by atoms with E-state index in [1.807, 2.05) is 0 Å². The van der Waals surface area contributed by atoms with E-state index in [1.54, 1.807) is 13.0 Å². The minimum atomic E-state index is -0.390. The molecule has 2 nitrogen and oxygen atoms in total. The Labute approximate surface area is 102 Å². The van der Waals surface area contributed by atoms with Crippen LogP contribution in [-0.2, 0) is 0 Å². The molecule has 16 heavy (non-hydrogen) atoms. The van der Waals surface area contributed by atoms with E-state index in [-0.39, 0.29) is 16.2 Å². The number of rotatable bonds is 2. The van der Waals surface area contributed by atoms with E-state index in [0.717, 1.165) is 0 Å². The van der Waals surface area contributed by atoms with Gasteiger partial charge in [-0.1, -0.05) is 11.6 Å². The molecule has 0 saturated heterocycles. The van der Waals surface area contributed by atoms with Gasteiger partial charge in [0.2, 0.25) is 5.89 Å². The second-order valence-electron chi connectivity index (χ2n) is 3.30. The van der Waals surface area contributed by atoms with Gasteiger partial charge in [-0.2, -0.15) is 0 Å². The molecule has 0 saturated carbocycles. The highest BCUT2D eigenvalue weighted by Crippen LogP contribution is 2.31. The van der Waals surface area contributed by atoms with Crippen LogP contribution in [0.5, 0.6) is 0 Å². The van der Waals surface area contributed by atoms with Gasteiger partial charge in [-0.25, -0.2) is 9.37 Å². The SMILES string of the molecule is CC(Cl)c1ncc(-c2ccc(F)cc2Cl)o1. The highest BCUT2D eigenvalue weighted by Gasteiger charge is 2.13. The molecule has 2 aromatic rings. The zero-order valence-electron chi connectivity index (χ0n) is 8.38. The fourth-order valence-corrected chi connectivity index (χ4v) is 1.65. The highest BCUT2D eigenvalue weighted by atomic mass is 35.5. The summed E-state index contributed by atoms with van der Waals surface area (Å²) in [5.41, 5.74) is 0.596. The van der Waals surface area contributed by atoms with Gasteiger partial charge < -0.3 is 4.42 Å². The van der Waals surface area contributed by atoms with Crippen molar-refractivity contribution in [3.8, 4) is 11.3 Å². The number of halogens is 3. The Morgan fingerprint density at radius 1 is 1.44 bits per heavy atom. The molecule has 0 bridgehead atoms. The number of benzene rings is 1. The summed E-state index contributed by atoms with van der Waals surface area (Å²) >= 11 is 11.7. The topological polar surface area (TPSA) is 26.0 Å². The van der Waals surface area contributed by atoms with Crippen molar-refractivity contribution in [1.82, 2.24) is 4.98 Å². The van der Waals surface area contributed by atoms with Crippen LogP contribution in [0.3, 0.4) is 0 Å². The summed E-state index contributed by atoms with van der Waals surface area (Å²) in [6.45, 7) is 1.75. The zero-order chi connectivity index (χ0) is 11.7. The molecule has 1 aromatic heterocycles. The third kappa shape index (κ3) is 2.20. The van der Waals surface area contributed by atoms with Gasteiger partial charge in [0.1, 0.15) is 11.2 Å². The minimum Gasteiger partial charge on any atom is -0.439 e. The van der Waals surface area contributed by atoms with Crippen molar-refractivity contribution in [2.45, 2.75) is 12.3 Å². The summed E-state index contributed by atoms with van der Waals surface area (Å²) in [6, 6.07) is 4.08. The molecule has 1 aromatic carbocycles. The van der Waals surface area contributed by atoms with Gasteiger partial charge in [0.25, 0.3) is 0 Å². The largest absolute Gasteiger partial charge is 0.439 e. The Kier molecular flexibility index (Phi) is 3.17. The van der Waals surface area contributed by atoms with Gasteiger partial charge in [-0.05, 0) is 25.1 Å². The van der Waals surface area contributed by atoms with Crippen LogP contribution in [0.2, 0.25) is 5.02 Å². The second-order valence-corrected chi connectivity index (χ2v) is 4.36. The Balaban J connectivity index is 2.42. The first-order valence-electron chi connectivity index (χ1n) is 4.63. The molecule has 0 aliphatic carbocycles. The maximum atomic E-state index is 12.8. The van der Waals surface area contributed by atoms with Gasteiger partial charge in [0, 0.05) is 5.56 Å². The molecular formula is C11H8Cl2FNO. The molecule has 1 unspecified atom stereocenters. The van der Waals surface area contributed by atoms with E-state index in [0.29, 0.717) is 17.2 Å². The minimum absolute atomic E-state index is 0.282. The molecule has 5 heteroatoms. The van der Waals surface area contributed by atoms with Crippen molar-refractivity contribution in [3.63, 3.8) is 0 Å². The summed E-state index contributed by atoms with van der Waals surface area (Å²) in [7, 11) is 0. The number of alkyl halides is 1. The predicted octanol–water partition coefficient (Wildman–Crippen LogP) is 4.43. The molecule has 0 aliphatic rings. The van der Waals surface area contributed by atoms with Gasteiger partial charge in [0.05, 0.1) is 11.2 Å². The predicted molar refractivity (Wildman–Crippen MR) is 61.2 cm³/mol. The van der Waals surface area contributed by atoms with Crippen LogP contribution < -0.4 is 0 Å². The normalized spacial score (nSPS) is 12.8. The Morgan fingerprint density at radius 3 is 2.75 bits per heavy atom. The lowest BCUT2D eigenvalue weighted by molar-refractivity contribution is 0.508. The fraction of sp³-hybridized carbons (Fsp3) is 0.182. The lowest BCUT2D eigenvalue weighted by Crippen LogP contribution is -1.81. The van der Waals surface area contributed by atoms with Crippen LogP contribution in [0.1, 0.15) is 18.2 Å². The maximum Gasteiger partial charge on any atom is 0.212 e. The van der Waals surface area contributed by atoms with Crippen LogP contribution in [0, 0.1) is 5.82 Å². The number of aromatic nitrogens is 1. The molecule has 0 fully saturated rings. The molecular weight excluding hydrogens is 252 g/mol. The Bertz CT molecular complexity index is 510. The average Bonchev–Trinajstić information content (AvgIpc) is 2.66. The molecule has 2 rings (SSSR count). The molecule has 0 amide bonds. The van der Waals surface area contributed by atoms with Gasteiger partial charge in [-0.3, -0.25) is 0 Å². The van der Waals surface area contributed by atoms with Crippen molar-refractivity contribution in [3.05, 3.63) is 41.1 Å². The lowest BCUT2D eigenvalue weighted by atomic mass is 10.2. The Hall–Kier alpha value is -1.06. The molecule has 0 aliphatic heterocycles. The number of oxazole rings is 1. The summed E-state index contributed by atoms with van der Waals surface area (Å²) in [6.07, 6.45) is 1.52. The summed E-state index contributed by atoms with van der Waals surface area (Å²) < 4.78 is 18.2. The smallest absolute Gasteiger partial charge is 0.212 e. The molecule has 0 spiro atoms. The van der Waals surface area contributed by atoms with Crippen molar-refractivity contribution < 1.29 is 8.81 Å². The van der Waals surface area contributed by atoms with Crippen molar-refractivity contribution in [1.29, 1.82) is 0 Å². The summed E-state index contributed by atoms with van der Waals surface area (Å²) in [5, 5.41) is -0.0297. The zero-order valence-corrected chi connectivity index (χ0v) is 9.89. The number of hydrogen-bond acceptors (Lipinski definition) is 2. The molecule has 84 valence electrons. The van der Waals surface area contributed by atoms with Gasteiger partial charge >= 0.3 is 0 Å². The van der Waals surface area contributed by atoms with Crippen LogP contribution in [0.15, 0.2) is 28.8 Å². The monoisotopic (exact) mass is 259 g/mol. The first-order valence-corrected chi connectivity index (χ1v) is 5.44. The third-order valence-corrected chi connectivity index (χ3v) is 2.56. The molecule has 1 atom stereocenters. The first kappa shape index (κ1) is 11.4.